The lowest BCUT2D eigenvalue weighted by Gasteiger charge is -2.02. The van der Waals surface area contributed by atoms with Crippen molar-refractivity contribution in [3.63, 3.8) is 0 Å². The highest BCUT2D eigenvalue weighted by molar-refractivity contribution is 5.94. The van der Waals surface area contributed by atoms with Gasteiger partial charge < -0.3 is 10.5 Å². The summed E-state index contributed by atoms with van der Waals surface area (Å²) < 4.78 is 16.9. The third-order valence-electron chi connectivity index (χ3n) is 1.42. The molecule has 1 aromatic rings. The monoisotopic (exact) mass is 205 g/mol. The predicted octanol–water partition coefficient (Wildman–Crippen LogP) is 1.62. The number of carbonyl (C=O) groups excluding carboxylic acids is 1. The highest BCUT2D eigenvalue weighted by Gasteiger charge is 2.09. The molecule has 0 saturated carbocycles. The van der Waals surface area contributed by atoms with Crippen molar-refractivity contribution < 1.29 is 13.9 Å². The van der Waals surface area contributed by atoms with E-state index in [4.69, 9.17) is 5.73 Å². The third kappa shape index (κ3) is 2.59. The lowest BCUT2D eigenvalue weighted by atomic mass is 10.2. The van der Waals surface area contributed by atoms with E-state index in [1.807, 2.05) is 0 Å². The standard InChI is InChI=1S/C8H8FNO2.ClH/c1-12-8(11)6-3-2-5(9)4-7(6)10;/h2-4H,10H2,1H3;1H. The predicted molar refractivity (Wildman–Crippen MR) is 49.4 cm³/mol. The molecule has 0 amide bonds. The quantitative estimate of drug-likeness (QED) is 0.560. The summed E-state index contributed by atoms with van der Waals surface area (Å²) in [5.41, 5.74) is 5.62. The van der Waals surface area contributed by atoms with E-state index in [9.17, 15) is 9.18 Å². The van der Waals surface area contributed by atoms with E-state index in [1.54, 1.807) is 0 Å². The molecule has 0 aliphatic carbocycles. The number of rotatable bonds is 1. The van der Waals surface area contributed by atoms with Crippen molar-refractivity contribution in [3.8, 4) is 0 Å². The van der Waals surface area contributed by atoms with E-state index in [-0.39, 0.29) is 23.7 Å². The lowest BCUT2D eigenvalue weighted by Crippen LogP contribution is -2.05. The molecule has 0 bridgehead atoms. The van der Waals surface area contributed by atoms with Crippen LogP contribution in [0.3, 0.4) is 0 Å². The van der Waals surface area contributed by atoms with Crippen molar-refractivity contribution in [3.05, 3.63) is 29.6 Å². The van der Waals surface area contributed by atoms with Crippen LogP contribution in [0, 0.1) is 5.82 Å². The maximum Gasteiger partial charge on any atom is 0.339 e. The van der Waals surface area contributed by atoms with Gasteiger partial charge in [0.1, 0.15) is 5.82 Å². The molecule has 13 heavy (non-hydrogen) atoms. The van der Waals surface area contributed by atoms with E-state index >= 15 is 0 Å². The van der Waals surface area contributed by atoms with Gasteiger partial charge >= 0.3 is 5.97 Å². The summed E-state index contributed by atoms with van der Waals surface area (Å²) in [5, 5.41) is 0. The molecule has 0 aromatic heterocycles. The van der Waals surface area contributed by atoms with E-state index in [1.165, 1.54) is 13.2 Å². The van der Waals surface area contributed by atoms with Crippen LogP contribution in [0.25, 0.3) is 0 Å². The molecule has 0 aliphatic heterocycles. The molecule has 5 heteroatoms. The van der Waals surface area contributed by atoms with Crippen LogP contribution >= 0.6 is 12.4 Å². The van der Waals surface area contributed by atoms with Gasteiger partial charge in [-0.15, -0.1) is 12.4 Å². The fourth-order valence-electron chi connectivity index (χ4n) is 0.829. The van der Waals surface area contributed by atoms with Gasteiger partial charge in [-0.25, -0.2) is 9.18 Å². The molecule has 0 radical (unpaired) electrons. The number of anilines is 1. The summed E-state index contributed by atoms with van der Waals surface area (Å²) >= 11 is 0. The van der Waals surface area contributed by atoms with Crippen LogP contribution in [0.4, 0.5) is 10.1 Å². The topological polar surface area (TPSA) is 52.3 Å². The number of ether oxygens (including phenoxy) is 1. The number of benzene rings is 1. The maximum absolute atomic E-state index is 12.5. The Morgan fingerprint density at radius 3 is 2.62 bits per heavy atom. The van der Waals surface area contributed by atoms with Crippen molar-refractivity contribution >= 4 is 24.1 Å². The van der Waals surface area contributed by atoms with Crippen molar-refractivity contribution in [2.75, 3.05) is 12.8 Å². The highest BCUT2D eigenvalue weighted by Crippen LogP contribution is 2.13. The number of hydrogen-bond acceptors (Lipinski definition) is 3. The Labute approximate surface area is 81.1 Å². The number of hydrogen-bond donors (Lipinski definition) is 1. The highest BCUT2D eigenvalue weighted by atomic mass is 35.5. The average molecular weight is 206 g/mol. The van der Waals surface area contributed by atoms with E-state index in [2.05, 4.69) is 4.74 Å². The summed E-state index contributed by atoms with van der Waals surface area (Å²) in [6, 6.07) is 3.52. The molecule has 2 N–H and O–H groups in total. The van der Waals surface area contributed by atoms with Crippen LogP contribution in [0.5, 0.6) is 0 Å². The normalized spacial score (nSPS) is 8.77. The molecule has 0 atom stereocenters. The van der Waals surface area contributed by atoms with Gasteiger partial charge in [-0.05, 0) is 18.2 Å². The molecule has 0 fully saturated rings. The second-order valence-corrected chi connectivity index (χ2v) is 2.22. The molecule has 1 aromatic carbocycles. The molecule has 0 spiro atoms. The zero-order valence-electron chi connectivity index (χ0n) is 6.91. The van der Waals surface area contributed by atoms with Crippen molar-refractivity contribution in [2.24, 2.45) is 0 Å². The van der Waals surface area contributed by atoms with Gasteiger partial charge in [0.25, 0.3) is 0 Å². The Bertz CT molecular complexity index is 317. The first-order valence-corrected chi connectivity index (χ1v) is 3.28. The first kappa shape index (κ1) is 11.7. The lowest BCUT2D eigenvalue weighted by molar-refractivity contribution is 0.0602. The number of esters is 1. The minimum Gasteiger partial charge on any atom is -0.465 e. The zero-order chi connectivity index (χ0) is 9.14. The van der Waals surface area contributed by atoms with Crippen LogP contribution < -0.4 is 5.73 Å². The van der Waals surface area contributed by atoms with Crippen LogP contribution in [0.2, 0.25) is 0 Å². The summed E-state index contributed by atoms with van der Waals surface area (Å²) in [7, 11) is 1.24. The first-order valence-electron chi connectivity index (χ1n) is 3.28. The minimum atomic E-state index is -0.563. The van der Waals surface area contributed by atoms with Crippen LogP contribution in [0.15, 0.2) is 18.2 Å². The number of methoxy groups -OCH3 is 1. The van der Waals surface area contributed by atoms with E-state index in [0.29, 0.717) is 0 Å². The summed E-state index contributed by atoms with van der Waals surface area (Å²) in [5.74, 6) is -1.03. The third-order valence-corrected chi connectivity index (χ3v) is 1.42. The number of nitrogen functional groups attached to an aromatic ring is 1. The molecule has 0 saturated heterocycles. The molecular weight excluding hydrogens is 197 g/mol. The summed E-state index contributed by atoms with van der Waals surface area (Å²) in [6.45, 7) is 0. The van der Waals surface area contributed by atoms with Gasteiger partial charge in [0.2, 0.25) is 0 Å². The van der Waals surface area contributed by atoms with Crippen molar-refractivity contribution in [1.82, 2.24) is 0 Å². The van der Waals surface area contributed by atoms with Crippen molar-refractivity contribution in [1.29, 1.82) is 0 Å². The average Bonchev–Trinajstić information content (AvgIpc) is 2.03. The SMILES string of the molecule is COC(=O)c1ccc(F)cc1N.Cl. The fourth-order valence-corrected chi connectivity index (χ4v) is 0.829. The molecule has 72 valence electrons. The Hall–Kier alpha value is -1.29. The van der Waals surface area contributed by atoms with Gasteiger partial charge in [-0.3, -0.25) is 0 Å². The van der Waals surface area contributed by atoms with Crippen LogP contribution in [-0.2, 0) is 4.74 Å². The van der Waals surface area contributed by atoms with Gasteiger partial charge in [0.05, 0.1) is 12.7 Å². The molecule has 0 aliphatic rings. The molecule has 3 nitrogen and oxygen atoms in total. The van der Waals surface area contributed by atoms with Gasteiger partial charge in [-0.1, -0.05) is 0 Å². The Balaban J connectivity index is 0.00000144. The molecule has 0 heterocycles. The van der Waals surface area contributed by atoms with Crippen molar-refractivity contribution in [2.45, 2.75) is 0 Å². The Morgan fingerprint density at radius 2 is 2.15 bits per heavy atom. The molecule has 1 rings (SSSR count). The van der Waals surface area contributed by atoms with Crippen LogP contribution in [0.1, 0.15) is 10.4 Å². The zero-order valence-corrected chi connectivity index (χ0v) is 7.73. The largest absolute Gasteiger partial charge is 0.465 e. The van der Waals surface area contributed by atoms with Gasteiger partial charge in [0, 0.05) is 5.69 Å². The Morgan fingerprint density at radius 1 is 1.54 bits per heavy atom. The number of halogens is 2. The van der Waals surface area contributed by atoms with Gasteiger partial charge in [-0.2, -0.15) is 0 Å². The minimum absolute atomic E-state index is 0. The second-order valence-electron chi connectivity index (χ2n) is 2.22. The van der Waals surface area contributed by atoms with E-state index in [0.717, 1.165) is 12.1 Å². The molecular formula is C8H9ClFNO2. The maximum atomic E-state index is 12.5. The first-order chi connectivity index (χ1) is 5.65. The van der Waals surface area contributed by atoms with Gasteiger partial charge in [0.15, 0.2) is 0 Å². The fraction of sp³-hybridized carbons (Fsp3) is 0.125. The summed E-state index contributed by atoms with van der Waals surface area (Å²) in [6.07, 6.45) is 0. The number of carbonyl (C=O) groups is 1. The van der Waals surface area contributed by atoms with E-state index < -0.39 is 11.8 Å². The summed E-state index contributed by atoms with van der Waals surface area (Å²) in [4.78, 5) is 10.9. The Kier molecular flexibility index (Phi) is 4.20. The smallest absolute Gasteiger partial charge is 0.339 e. The second kappa shape index (κ2) is 4.67. The number of nitrogens with two attached hydrogens (primary N) is 1. The van der Waals surface area contributed by atoms with Crippen LogP contribution in [-0.4, -0.2) is 13.1 Å². The molecule has 0 unspecified atom stereocenters.